The zero-order valence-electron chi connectivity index (χ0n) is 9.97. The molecule has 1 saturated carbocycles. The highest BCUT2D eigenvalue weighted by Crippen LogP contribution is 2.31. The molecule has 0 atom stereocenters. The smallest absolute Gasteiger partial charge is 0.306 e. The topological polar surface area (TPSA) is 70.3 Å². The Morgan fingerprint density at radius 3 is 2.39 bits per heavy atom. The molecule has 1 fully saturated rings. The van der Waals surface area contributed by atoms with E-state index >= 15 is 0 Å². The minimum absolute atomic E-state index is 0.00552. The lowest BCUT2D eigenvalue weighted by molar-refractivity contribution is -0.147. The molecular weight excluding hydrogens is 254 g/mol. The van der Waals surface area contributed by atoms with Crippen LogP contribution < -0.4 is 4.74 Å². The van der Waals surface area contributed by atoms with Crippen molar-refractivity contribution in [3.05, 3.63) is 29.8 Å². The second-order valence-electron chi connectivity index (χ2n) is 3.88. The monoisotopic (exact) mass is 267 g/mol. The zero-order chi connectivity index (χ0) is 13.5. The molecule has 0 amide bonds. The number of carbonyl (C=O) groups is 1. The van der Waals surface area contributed by atoms with Crippen LogP contribution in [0.5, 0.6) is 5.75 Å². The predicted molar refractivity (Wildman–Crippen MR) is 67.7 cm³/mol. The van der Waals surface area contributed by atoms with Crippen LogP contribution in [0.4, 0.5) is 0 Å². The molecule has 2 rings (SSSR count). The average Bonchev–Trinajstić information content (AvgIpc) is 2.36. The Balaban J connectivity index is 0.000000771. The Kier molecular flexibility index (Phi) is 5.47. The minimum Gasteiger partial charge on any atom is -0.490 e. The molecule has 5 heteroatoms. The van der Waals surface area contributed by atoms with Gasteiger partial charge in [0.15, 0.2) is 0 Å². The first kappa shape index (κ1) is 14.3. The van der Waals surface area contributed by atoms with E-state index in [1.807, 2.05) is 6.07 Å². The van der Waals surface area contributed by atoms with Crippen LogP contribution in [0.2, 0.25) is 0 Å². The summed E-state index contributed by atoms with van der Waals surface area (Å²) < 4.78 is 5.56. The molecule has 1 aromatic rings. The fraction of sp³-hybridized carbons (Fsp3) is 0.385. The standard InChI is InChI=1S/C12H11NO3.CH3Cl/c13-7-8-1-3-10(4-2-8)16-11-5-9(6-11)12(14)15;1-2/h1-4,9,11H,5-6H2,(H,14,15);1H3. The molecule has 0 radical (unpaired) electrons. The summed E-state index contributed by atoms with van der Waals surface area (Å²) in [6.07, 6.45) is 2.60. The molecule has 0 bridgehead atoms. The molecular formula is C13H14ClNO3. The van der Waals surface area contributed by atoms with Crippen molar-refractivity contribution in [3.8, 4) is 11.8 Å². The van der Waals surface area contributed by atoms with Gasteiger partial charge in [-0.05, 0) is 37.1 Å². The van der Waals surface area contributed by atoms with Crippen LogP contribution >= 0.6 is 11.6 Å². The molecule has 1 aromatic carbocycles. The van der Waals surface area contributed by atoms with Gasteiger partial charge in [-0.25, -0.2) is 0 Å². The Morgan fingerprint density at radius 1 is 1.39 bits per heavy atom. The van der Waals surface area contributed by atoms with Crippen molar-refractivity contribution in [1.29, 1.82) is 5.26 Å². The van der Waals surface area contributed by atoms with Crippen molar-refractivity contribution < 1.29 is 14.6 Å². The molecule has 1 aliphatic rings. The van der Waals surface area contributed by atoms with Gasteiger partial charge in [0, 0.05) is 6.38 Å². The van der Waals surface area contributed by atoms with E-state index in [9.17, 15) is 4.79 Å². The molecule has 1 N–H and O–H groups in total. The Bertz CT molecular complexity index is 433. The maximum Gasteiger partial charge on any atom is 0.306 e. The number of ether oxygens (including phenoxy) is 1. The number of hydrogen-bond acceptors (Lipinski definition) is 3. The van der Waals surface area contributed by atoms with Crippen molar-refractivity contribution in [1.82, 2.24) is 0 Å². The second kappa shape index (κ2) is 6.87. The van der Waals surface area contributed by atoms with Crippen LogP contribution in [-0.4, -0.2) is 23.6 Å². The maximum atomic E-state index is 10.6. The first-order valence-electron chi connectivity index (χ1n) is 5.46. The summed E-state index contributed by atoms with van der Waals surface area (Å²) in [5.74, 6) is -0.323. The van der Waals surface area contributed by atoms with Crippen LogP contribution in [0.1, 0.15) is 18.4 Å². The van der Waals surface area contributed by atoms with Gasteiger partial charge in [-0.3, -0.25) is 4.79 Å². The lowest BCUT2D eigenvalue weighted by Crippen LogP contribution is -2.38. The van der Waals surface area contributed by atoms with Crippen molar-refractivity contribution in [2.24, 2.45) is 5.92 Å². The summed E-state index contributed by atoms with van der Waals surface area (Å²) in [5, 5.41) is 17.3. The molecule has 4 nitrogen and oxygen atoms in total. The maximum absolute atomic E-state index is 10.6. The number of benzene rings is 1. The van der Waals surface area contributed by atoms with Gasteiger partial charge in [-0.2, -0.15) is 5.26 Å². The second-order valence-corrected chi connectivity index (χ2v) is 3.88. The van der Waals surface area contributed by atoms with E-state index in [0.29, 0.717) is 24.2 Å². The summed E-state index contributed by atoms with van der Waals surface area (Å²) in [6.45, 7) is 0. The van der Waals surface area contributed by atoms with E-state index < -0.39 is 5.97 Å². The lowest BCUT2D eigenvalue weighted by Gasteiger charge is -2.32. The number of hydrogen-bond donors (Lipinski definition) is 1. The van der Waals surface area contributed by atoms with Gasteiger partial charge in [0.25, 0.3) is 0 Å². The summed E-state index contributed by atoms with van der Waals surface area (Å²) in [6, 6.07) is 8.85. The molecule has 0 aromatic heterocycles. The number of aliphatic carboxylic acids is 1. The van der Waals surface area contributed by atoms with Gasteiger partial charge in [0.2, 0.25) is 0 Å². The van der Waals surface area contributed by atoms with Crippen LogP contribution in [0.25, 0.3) is 0 Å². The van der Waals surface area contributed by atoms with Gasteiger partial charge in [-0.1, -0.05) is 0 Å². The van der Waals surface area contributed by atoms with Gasteiger partial charge in [0.05, 0.1) is 17.6 Å². The molecule has 0 heterocycles. The molecule has 0 spiro atoms. The summed E-state index contributed by atoms with van der Waals surface area (Å²) >= 11 is 4.64. The Labute approximate surface area is 111 Å². The number of nitriles is 1. The third-order valence-electron chi connectivity index (χ3n) is 2.73. The van der Waals surface area contributed by atoms with E-state index in [1.165, 1.54) is 6.38 Å². The molecule has 96 valence electrons. The average molecular weight is 268 g/mol. The highest BCUT2D eigenvalue weighted by molar-refractivity contribution is 6.15. The fourth-order valence-corrected chi connectivity index (χ4v) is 1.66. The van der Waals surface area contributed by atoms with Crippen LogP contribution in [0.15, 0.2) is 24.3 Å². The summed E-state index contributed by atoms with van der Waals surface area (Å²) in [5.41, 5.74) is 0.587. The number of halogens is 1. The lowest BCUT2D eigenvalue weighted by atomic mass is 9.82. The molecule has 1 aliphatic carbocycles. The molecule has 0 aliphatic heterocycles. The Hall–Kier alpha value is -1.73. The van der Waals surface area contributed by atoms with E-state index in [0.717, 1.165) is 0 Å². The first-order valence-corrected chi connectivity index (χ1v) is 6.22. The van der Waals surface area contributed by atoms with Gasteiger partial charge >= 0.3 is 5.97 Å². The van der Waals surface area contributed by atoms with E-state index in [2.05, 4.69) is 11.6 Å². The normalized spacial score (nSPS) is 20.7. The predicted octanol–water partition coefficient (Wildman–Crippen LogP) is 2.66. The number of carboxylic acids is 1. The number of rotatable bonds is 3. The highest BCUT2D eigenvalue weighted by Gasteiger charge is 2.35. The van der Waals surface area contributed by atoms with Crippen molar-refractivity contribution in [2.45, 2.75) is 18.9 Å². The number of alkyl halides is 1. The van der Waals surface area contributed by atoms with Crippen LogP contribution in [0, 0.1) is 17.2 Å². The molecule has 18 heavy (non-hydrogen) atoms. The molecule has 0 saturated heterocycles. The van der Waals surface area contributed by atoms with E-state index in [-0.39, 0.29) is 12.0 Å². The minimum atomic E-state index is -0.750. The third-order valence-corrected chi connectivity index (χ3v) is 2.73. The molecule has 0 unspecified atom stereocenters. The van der Waals surface area contributed by atoms with E-state index in [4.69, 9.17) is 15.1 Å². The number of carboxylic acid groups (broad SMARTS) is 1. The third kappa shape index (κ3) is 3.64. The number of nitrogens with zero attached hydrogens (tertiary/aromatic N) is 1. The van der Waals surface area contributed by atoms with Crippen LogP contribution in [-0.2, 0) is 4.79 Å². The van der Waals surface area contributed by atoms with Gasteiger partial charge in [0.1, 0.15) is 11.9 Å². The van der Waals surface area contributed by atoms with Gasteiger partial charge < -0.3 is 9.84 Å². The van der Waals surface area contributed by atoms with Gasteiger partial charge in [-0.15, -0.1) is 11.6 Å². The van der Waals surface area contributed by atoms with E-state index in [1.54, 1.807) is 24.3 Å². The zero-order valence-corrected chi connectivity index (χ0v) is 10.7. The van der Waals surface area contributed by atoms with Crippen molar-refractivity contribution in [2.75, 3.05) is 6.38 Å². The SMILES string of the molecule is CCl.N#Cc1ccc(OC2CC(C(=O)O)C2)cc1. The van der Waals surface area contributed by atoms with Crippen molar-refractivity contribution >= 4 is 17.6 Å². The highest BCUT2D eigenvalue weighted by atomic mass is 35.5. The van der Waals surface area contributed by atoms with Crippen molar-refractivity contribution in [3.63, 3.8) is 0 Å². The summed E-state index contributed by atoms with van der Waals surface area (Å²) in [4.78, 5) is 10.6. The van der Waals surface area contributed by atoms with Crippen LogP contribution in [0.3, 0.4) is 0 Å². The fourth-order valence-electron chi connectivity index (χ4n) is 1.66. The quantitative estimate of drug-likeness (QED) is 0.855. The largest absolute Gasteiger partial charge is 0.490 e. The Morgan fingerprint density at radius 2 is 1.94 bits per heavy atom. The first-order chi connectivity index (χ1) is 8.69. The summed E-state index contributed by atoms with van der Waals surface area (Å²) in [7, 11) is 0.